The Bertz CT molecular complexity index is 382. The van der Waals surface area contributed by atoms with E-state index in [9.17, 15) is 14.9 Å². The number of hydrogen-bond acceptors (Lipinski definition) is 3. The first-order valence-corrected chi connectivity index (χ1v) is 3.99. The van der Waals surface area contributed by atoms with Crippen molar-refractivity contribution in [3.05, 3.63) is 38.3 Å². The summed E-state index contributed by atoms with van der Waals surface area (Å²) >= 11 is 3.02. The van der Waals surface area contributed by atoms with Crippen LogP contribution in [0.5, 0.6) is 0 Å². The fourth-order valence-corrected chi connectivity index (χ4v) is 1.19. The van der Waals surface area contributed by atoms with Crippen LogP contribution in [0.1, 0.15) is 10.4 Å². The van der Waals surface area contributed by atoms with Crippen molar-refractivity contribution >= 4 is 36.0 Å². The third-order valence-electron chi connectivity index (χ3n) is 1.39. The van der Waals surface area contributed by atoms with Gasteiger partial charge in [0.25, 0.3) is 5.69 Å². The van der Waals surface area contributed by atoms with Crippen molar-refractivity contribution in [3.8, 4) is 0 Å². The number of nitro groups is 1. The Morgan fingerprint density at radius 3 is 2.50 bits per heavy atom. The summed E-state index contributed by atoms with van der Waals surface area (Å²) in [6.07, 6.45) is 0. The Hall–Kier alpha value is -1.37. The molecule has 0 aliphatic rings. The molecule has 0 radical (unpaired) electrons. The lowest BCUT2D eigenvalue weighted by Crippen LogP contribution is -2.02. The lowest BCUT2D eigenvalue weighted by atomic mass is 10.2. The van der Waals surface area contributed by atoms with Gasteiger partial charge in [-0.25, -0.2) is 4.79 Å². The molecule has 1 N–H and O–H groups in total. The van der Waals surface area contributed by atoms with Crippen LogP contribution in [0.2, 0.25) is 0 Å². The van der Waals surface area contributed by atoms with E-state index < -0.39 is 16.6 Å². The first kappa shape index (κ1) is 12.6. The standard InChI is InChI=1S/C7H4BrNO4.BH3/c8-4-1-2-5(7(10)11)6(3-4)9(12)13;/h1-3H,(H,10,11);1H3. The second kappa shape index (κ2) is 4.76. The molecule has 0 saturated carbocycles. The maximum absolute atomic E-state index is 10.5. The number of carbonyl (C=O) groups is 1. The Balaban J connectivity index is 0.00000169. The minimum atomic E-state index is -1.31. The molecule has 0 unspecified atom stereocenters. The summed E-state index contributed by atoms with van der Waals surface area (Å²) in [5, 5.41) is 19.0. The quantitative estimate of drug-likeness (QED) is 0.486. The largest absolute Gasteiger partial charge is 0.477 e. The predicted molar refractivity (Wildman–Crippen MR) is 57.7 cm³/mol. The highest BCUT2D eigenvalue weighted by Gasteiger charge is 2.19. The van der Waals surface area contributed by atoms with E-state index in [0.717, 1.165) is 6.07 Å². The highest BCUT2D eigenvalue weighted by molar-refractivity contribution is 9.10. The van der Waals surface area contributed by atoms with Gasteiger partial charge in [0.05, 0.1) is 13.3 Å². The minimum absolute atomic E-state index is 0. The highest BCUT2D eigenvalue weighted by Crippen LogP contribution is 2.23. The molecule has 1 aromatic carbocycles. The third kappa shape index (κ3) is 2.56. The Labute approximate surface area is 89.6 Å². The fourth-order valence-electron chi connectivity index (χ4n) is 0.837. The summed E-state index contributed by atoms with van der Waals surface area (Å²) in [5.41, 5.74) is -0.727. The van der Waals surface area contributed by atoms with E-state index in [1.807, 2.05) is 0 Å². The van der Waals surface area contributed by atoms with Crippen molar-refractivity contribution in [1.29, 1.82) is 0 Å². The van der Waals surface area contributed by atoms with Crippen molar-refractivity contribution in [2.75, 3.05) is 0 Å². The zero-order valence-electron chi connectivity index (χ0n) is 6.23. The molecule has 14 heavy (non-hydrogen) atoms. The average Bonchev–Trinajstić information content (AvgIpc) is 2.03. The van der Waals surface area contributed by atoms with Crippen molar-refractivity contribution in [2.45, 2.75) is 0 Å². The molecule has 0 aliphatic heterocycles. The van der Waals surface area contributed by atoms with Crippen LogP contribution in [-0.4, -0.2) is 24.4 Å². The molecule has 0 bridgehead atoms. The zero-order chi connectivity index (χ0) is 10.0. The van der Waals surface area contributed by atoms with Crippen LogP contribution in [0.3, 0.4) is 0 Å². The molecule has 0 atom stereocenters. The summed E-state index contributed by atoms with van der Waals surface area (Å²) in [6.45, 7) is 0. The van der Waals surface area contributed by atoms with Crippen LogP contribution in [-0.2, 0) is 0 Å². The minimum Gasteiger partial charge on any atom is -0.477 e. The molecule has 0 spiro atoms. The lowest BCUT2D eigenvalue weighted by Gasteiger charge is -1.97. The van der Waals surface area contributed by atoms with Crippen LogP contribution in [0, 0.1) is 10.1 Å². The maximum atomic E-state index is 10.5. The van der Waals surface area contributed by atoms with Gasteiger partial charge in [0, 0.05) is 10.5 Å². The van der Waals surface area contributed by atoms with Gasteiger partial charge in [-0.05, 0) is 12.1 Å². The van der Waals surface area contributed by atoms with Crippen molar-refractivity contribution in [1.82, 2.24) is 0 Å². The van der Waals surface area contributed by atoms with Crippen LogP contribution < -0.4 is 0 Å². The smallest absolute Gasteiger partial charge is 0.342 e. The summed E-state index contributed by atoms with van der Waals surface area (Å²) in [5.74, 6) is -1.31. The van der Waals surface area contributed by atoms with Gasteiger partial charge in [0.1, 0.15) is 5.56 Å². The Kier molecular flexibility index (Phi) is 4.29. The normalized spacial score (nSPS) is 8.93. The summed E-state index contributed by atoms with van der Waals surface area (Å²) < 4.78 is 0.476. The first-order chi connectivity index (χ1) is 6.02. The molecular formula is C7H7BBrNO4. The van der Waals surface area contributed by atoms with Crippen LogP contribution in [0.4, 0.5) is 5.69 Å². The summed E-state index contributed by atoms with van der Waals surface area (Å²) in [6, 6.07) is 3.78. The van der Waals surface area contributed by atoms with Gasteiger partial charge in [-0.1, -0.05) is 15.9 Å². The van der Waals surface area contributed by atoms with Gasteiger partial charge < -0.3 is 5.11 Å². The second-order valence-electron chi connectivity index (χ2n) is 2.22. The van der Waals surface area contributed by atoms with E-state index in [1.165, 1.54) is 12.1 Å². The van der Waals surface area contributed by atoms with Gasteiger partial charge in [-0.15, -0.1) is 0 Å². The van der Waals surface area contributed by atoms with Crippen molar-refractivity contribution < 1.29 is 14.8 Å². The van der Waals surface area contributed by atoms with Gasteiger partial charge in [0.2, 0.25) is 0 Å². The number of carboxylic acids is 1. The molecule has 7 heteroatoms. The van der Waals surface area contributed by atoms with Gasteiger partial charge in [-0.3, -0.25) is 10.1 Å². The average molecular weight is 260 g/mol. The third-order valence-corrected chi connectivity index (χ3v) is 1.88. The molecule has 0 amide bonds. The number of benzene rings is 1. The van der Waals surface area contributed by atoms with Crippen LogP contribution in [0.25, 0.3) is 0 Å². The summed E-state index contributed by atoms with van der Waals surface area (Å²) in [7, 11) is 0. The second-order valence-corrected chi connectivity index (χ2v) is 3.14. The first-order valence-electron chi connectivity index (χ1n) is 3.19. The topological polar surface area (TPSA) is 80.4 Å². The highest BCUT2D eigenvalue weighted by atomic mass is 79.9. The molecule has 0 aliphatic carbocycles. The van der Waals surface area contributed by atoms with E-state index in [-0.39, 0.29) is 14.0 Å². The van der Waals surface area contributed by atoms with Gasteiger partial charge in [0.15, 0.2) is 0 Å². The Morgan fingerprint density at radius 2 is 2.07 bits per heavy atom. The fraction of sp³-hybridized carbons (Fsp3) is 0. The van der Waals surface area contributed by atoms with E-state index in [0.29, 0.717) is 4.47 Å². The number of nitrogens with zero attached hydrogens (tertiary/aromatic N) is 1. The van der Waals surface area contributed by atoms with Crippen molar-refractivity contribution in [3.63, 3.8) is 0 Å². The van der Waals surface area contributed by atoms with E-state index in [2.05, 4.69) is 15.9 Å². The number of aromatic carboxylic acids is 1. The molecule has 0 fully saturated rings. The number of nitro benzene ring substituents is 1. The number of halogens is 1. The zero-order valence-corrected chi connectivity index (χ0v) is 7.82. The monoisotopic (exact) mass is 259 g/mol. The number of carboxylic acid groups (broad SMARTS) is 1. The molecule has 1 rings (SSSR count). The SMILES string of the molecule is B.O=C(O)c1ccc(Br)cc1[N+](=O)[O-]. The van der Waals surface area contributed by atoms with E-state index in [1.54, 1.807) is 0 Å². The number of rotatable bonds is 2. The van der Waals surface area contributed by atoms with Gasteiger partial charge in [-0.2, -0.15) is 0 Å². The number of hydrogen-bond donors (Lipinski definition) is 1. The molecule has 74 valence electrons. The molecule has 0 heterocycles. The summed E-state index contributed by atoms with van der Waals surface area (Å²) in [4.78, 5) is 20.2. The lowest BCUT2D eigenvalue weighted by molar-refractivity contribution is -0.385. The van der Waals surface area contributed by atoms with Crippen LogP contribution >= 0.6 is 15.9 Å². The Morgan fingerprint density at radius 1 is 1.50 bits per heavy atom. The predicted octanol–water partition coefficient (Wildman–Crippen LogP) is 0.872. The van der Waals surface area contributed by atoms with E-state index >= 15 is 0 Å². The molecule has 1 aromatic rings. The van der Waals surface area contributed by atoms with E-state index in [4.69, 9.17) is 5.11 Å². The molecule has 0 saturated heterocycles. The van der Waals surface area contributed by atoms with Crippen molar-refractivity contribution in [2.24, 2.45) is 0 Å². The maximum Gasteiger partial charge on any atom is 0.342 e. The van der Waals surface area contributed by atoms with Crippen LogP contribution in [0.15, 0.2) is 22.7 Å². The van der Waals surface area contributed by atoms with Gasteiger partial charge >= 0.3 is 5.97 Å². The molecule has 0 aromatic heterocycles. The molecule has 5 nitrogen and oxygen atoms in total. The molecular weight excluding hydrogens is 253 g/mol.